The van der Waals surface area contributed by atoms with Crippen LogP contribution in [0, 0.1) is 23.7 Å². The van der Waals surface area contributed by atoms with E-state index in [0.717, 1.165) is 55.7 Å². The summed E-state index contributed by atoms with van der Waals surface area (Å²) in [5.41, 5.74) is 2.47. The van der Waals surface area contributed by atoms with Gasteiger partial charge >= 0.3 is 0 Å². The lowest BCUT2D eigenvalue weighted by Gasteiger charge is -2.36. The minimum atomic E-state index is 0.475. The molecule has 4 nitrogen and oxygen atoms in total. The summed E-state index contributed by atoms with van der Waals surface area (Å²) in [5, 5.41) is 10.3. The summed E-state index contributed by atoms with van der Waals surface area (Å²) in [6, 6.07) is 12.1. The van der Waals surface area contributed by atoms with Crippen molar-refractivity contribution in [2.24, 2.45) is 0 Å². The van der Waals surface area contributed by atoms with Gasteiger partial charge in [0.1, 0.15) is 11.8 Å². The van der Waals surface area contributed by atoms with Crippen molar-refractivity contribution in [3.63, 3.8) is 0 Å². The van der Waals surface area contributed by atoms with Crippen LogP contribution in [0.3, 0.4) is 0 Å². The van der Waals surface area contributed by atoms with Crippen molar-refractivity contribution >= 4 is 16.6 Å². The van der Waals surface area contributed by atoms with E-state index in [1.165, 1.54) is 0 Å². The molecular formula is C18H18N4. The Labute approximate surface area is 131 Å². The smallest absolute Gasteiger partial charge is 0.143 e. The molecular weight excluding hydrogens is 272 g/mol. The second-order valence-corrected chi connectivity index (χ2v) is 5.44. The second-order valence-electron chi connectivity index (χ2n) is 5.44. The largest absolute Gasteiger partial charge is 0.368 e. The Hall–Kier alpha value is -2.56. The number of anilines is 1. The van der Waals surface area contributed by atoms with Crippen LogP contribution < -0.4 is 4.90 Å². The maximum Gasteiger partial charge on any atom is 0.143 e. The molecule has 1 aliphatic rings. The van der Waals surface area contributed by atoms with Crippen molar-refractivity contribution in [2.45, 2.75) is 6.42 Å². The van der Waals surface area contributed by atoms with Gasteiger partial charge in [-0.2, -0.15) is 5.26 Å². The first-order valence-electron chi connectivity index (χ1n) is 7.52. The van der Waals surface area contributed by atoms with Crippen molar-refractivity contribution in [1.82, 2.24) is 9.88 Å². The maximum atomic E-state index is 9.20. The Kier molecular flexibility index (Phi) is 4.23. The van der Waals surface area contributed by atoms with E-state index in [2.05, 4.69) is 32.8 Å². The highest BCUT2D eigenvalue weighted by Gasteiger charge is 2.19. The van der Waals surface area contributed by atoms with Crippen LogP contribution in [0.5, 0.6) is 0 Å². The minimum absolute atomic E-state index is 0.475. The van der Waals surface area contributed by atoms with Crippen LogP contribution in [0.1, 0.15) is 12.1 Å². The molecule has 1 aromatic carbocycles. The fourth-order valence-electron chi connectivity index (χ4n) is 2.91. The number of aromatic nitrogens is 1. The first-order chi connectivity index (χ1) is 10.8. The number of hydrogen-bond acceptors (Lipinski definition) is 4. The molecule has 2 heterocycles. The van der Waals surface area contributed by atoms with E-state index in [1.807, 2.05) is 24.3 Å². The summed E-state index contributed by atoms with van der Waals surface area (Å²) in [6.45, 7) is 4.86. The van der Waals surface area contributed by atoms with Crippen molar-refractivity contribution in [2.75, 3.05) is 37.6 Å². The van der Waals surface area contributed by atoms with Gasteiger partial charge in [0, 0.05) is 50.2 Å². The van der Waals surface area contributed by atoms with E-state index in [1.54, 1.807) is 0 Å². The lowest BCUT2D eigenvalue weighted by Crippen LogP contribution is -2.46. The number of benzene rings is 1. The SMILES string of the molecule is C#CCCN1CCN(c2cc(C#N)nc3ccccc23)CC1. The van der Waals surface area contributed by atoms with Crippen LogP contribution in [0.25, 0.3) is 10.9 Å². The second kappa shape index (κ2) is 6.47. The van der Waals surface area contributed by atoms with E-state index in [9.17, 15) is 5.26 Å². The summed E-state index contributed by atoms with van der Waals surface area (Å²) in [6.07, 6.45) is 6.14. The Morgan fingerprint density at radius 3 is 2.68 bits per heavy atom. The average molecular weight is 290 g/mol. The zero-order chi connectivity index (χ0) is 15.4. The quantitative estimate of drug-likeness (QED) is 0.813. The summed E-state index contributed by atoms with van der Waals surface area (Å²) in [7, 11) is 0. The van der Waals surface area contributed by atoms with Gasteiger partial charge in [-0.05, 0) is 12.1 Å². The highest BCUT2D eigenvalue weighted by Crippen LogP contribution is 2.27. The van der Waals surface area contributed by atoms with Crippen molar-refractivity contribution in [3.05, 3.63) is 36.0 Å². The minimum Gasteiger partial charge on any atom is -0.368 e. The molecule has 0 amide bonds. The molecule has 1 fully saturated rings. The molecule has 0 spiro atoms. The fraction of sp³-hybridized carbons (Fsp3) is 0.333. The molecule has 4 heteroatoms. The number of nitrogens with zero attached hydrogens (tertiary/aromatic N) is 4. The number of piperazine rings is 1. The summed E-state index contributed by atoms with van der Waals surface area (Å²) in [4.78, 5) is 9.12. The molecule has 2 aromatic rings. The topological polar surface area (TPSA) is 43.2 Å². The van der Waals surface area contributed by atoms with E-state index < -0.39 is 0 Å². The predicted molar refractivity (Wildman–Crippen MR) is 88.6 cm³/mol. The van der Waals surface area contributed by atoms with E-state index in [4.69, 9.17) is 6.42 Å². The first kappa shape index (κ1) is 14.4. The van der Waals surface area contributed by atoms with Gasteiger partial charge in [0.15, 0.2) is 0 Å². The lowest BCUT2D eigenvalue weighted by molar-refractivity contribution is 0.264. The maximum absolute atomic E-state index is 9.20. The Balaban J connectivity index is 1.85. The van der Waals surface area contributed by atoms with Crippen LogP contribution >= 0.6 is 0 Å². The van der Waals surface area contributed by atoms with Crippen molar-refractivity contribution in [1.29, 1.82) is 5.26 Å². The highest BCUT2D eigenvalue weighted by atomic mass is 15.3. The summed E-state index contributed by atoms with van der Waals surface area (Å²) >= 11 is 0. The molecule has 1 aliphatic heterocycles. The Morgan fingerprint density at radius 2 is 1.95 bits per heavy atom. The van der Waals surface area contributed by atoms with Gasteiger partial charge in [-0.15, -0.1) is 12.3 Å². The normalized spacial score (nSPS) is 15.5. The van der Waals surface area contributed by atoms with Gasteiger partial charge in [-0.1, -0.05) is 18.2 Å². The molecule has 0 saturated carbocycles. The third-order valence-corrected chi connectivity index (χ3v) is 4.09. The zero-order valence-electron chi connectivity index (χ0n) is 12.5. The first-order valence-corrected chi connectivity index (χ1v) is 7.52. The van der Waals surface area contributed by atoms with Crippen molar-refractivity contribution in [3.8, 4) is 18.4 Å². The molecule has 0 N–H and O–H groups in total. The molecule has 0 unspecified atom stereocenters. The molecule has 1 saturated heterocycles. The molecule has 0 radical (unpaired) electrons. The third kappa shape index (κ3) is 2.88. The van der Waals surface area contributed by atoms with E-state index >= 15 is 0 Å². The predicted octanol–water partition coefficient (Wildman–Crippen LogP) is 2.25. The molecule has 0 atom stereocenters. The number of hydrogen-bond donors (Lipinski definition) is 0. The number of nitriles is 1. The van der Waals surface area contributed by atoms with Gasteiger partial charge in [-0.25, -0.2) is 4.98 Å². The standard InChI is InChI=1S/C18H18N4/c1-2-3-8-21-9-11-22(12-10-21)18-13-15(14-19)20-17-7-5-4-6-16(17)18/h1,4-7,13H,3,8-12H2. The van der Waals surface area contributed by atoms with E-state index in [0.29, 0.717) is 5.69 Å². The summed E-state index contributed by atoms with van der Waals surface area (Å²) < 4.78 is 0. The number of terminal acetylenes is 1. The van der Waals surface area contributed by atoms with Crippen LogP contribution in [-0.4, -0.2) is 42.6 Å². The number of para-hydroxylation sites is 1. The zero-order valence-corrected chi connectivity index (χ0v) is 12.5. The number of fused-ring (bicyclic) bond motifs is 1. The number of pyridine rings is 1. The lowest BCUT2D eigenvalue weighted by atomic mass is 10.1. The van der Waals surface area contributed by atoms with Gasteiger partial charge < -0.3 is 4.90 Å². The fourth-order valence-corrected chi connectivity index (χ4v) is 2.91. The summed E-state index contributed by atoms with van der Waals surface area (Å²) in [5.74, 6) is 2.70. The van der Waals surface area contributed by atoms with Gasteiger partial charge in [0.2, 0.25) is 0 Å². The molecule has 22 heavy (non-hydrogen) atoms. The molecule has 0 bridgehead atoms. The third-order valence-electron chi connectivity index (χ3n) is 4.09. The van der Waals surface area contributed by atoms with Gasteiger partial charge in [-0.3, -0.25) is 4.90 Å². The molecule has 3 rings (SSSR count). The molecule has 110 valence electrons. The molecule has 0 aliphatic carbocycles. The van der Waals surface area contributed by atoms with Crippen molar-refractivity contribution < 1.29 is 0 Å². The van der Waals surface area contributed by atoms with Gasteiger partial charge in [0.05, 0.1) is 5.52 Å². The van der Waals surface area contributed by atoms with Crippen LogP contribution in [0.4, 0.5) is 5.69 Å². The van der Waals surface area contributed by atoms with E-state index in [-0.39, 0.29) is 0 Å². The average Bonchev–Trinajstić information content (AvgIpc) is 2.59. The van der Waals surface area contributed by atoms with Gasteiger partial charge in [0.25, 0.3) is 0 Å². The molecule has 1 aromatic heterocycles. The van der Waals surface area contributed by atoms with Crippen LogP contribution in [0.2, 0.25) is 0 Å². The number of rotatable bonds is 3. The van der Waals surface area contributed by atoms with Crippen LogP contribution in [0.15, 0.2) is 30.3 Å². The Bertz CT molecular complexity index is 746. The monoisotopic (exact) mass is 290 g/mol. The highest BCUT2D eigenvalue weighted by molar-refractivity contribution is 5.92. The van der Waals surface area contributed by atoms with Crippen LogP contribution in [-0.2, 0) is 0 Å². The Morgan fingerprint density at radius 1 is 1.18 bits per heavy atom.